The van der Waals surface area contributed by atoms with Gasteiger partial charge in [0.2, 0.25) is 0 Å². The van der Waals surface area contributed by atoms with E-state index in [1.54, 1.807) is 11.3 Å². The lowest BCUT2D eigenvalue weighted by molar-refractivity contribution is -0.159. The normalized spacial score (nSPS) is 14.8. The van der Waals surface area contributed by atoms with E-state index in [9.17, 15) is 5.11 Å². The number of hydrogen-bond donors (Lipinski definition) is 5. The van der Waals surface area contributed by atoms with Gasteiger partial charge in [0, 0.05) is 35.8 Å². The first-order valence-corrected chi connectivity index (χ1v) is 16.2. The number of carboxylic acids is 4. The average Bonchev–Trinajstić information content (AvgIpc) is 3.71. The SMILES string of the molecule is O=C(O)C(=O)O.O=C(O)C(=O)O.Oc1ccc2c(Cc3ccc(CN4CCCC4)cc3)c(-c3ccc(CN4CCOCC4)cc3)sc2c1. The number of aliphatic carboxylic acids is 4. The summed E-state index contributed by atoms with van der Waals surface area (Å²) in [5, 5.41) is 40.9. The van der Waals surface area contributed by atoms with Crippen LogP contribution in [0.1, 0.15) is 35.1 Å². The number of likely N-dealkylation sites (tertiary alicyclic amines) is 1. The van der Waals surface area contributed by atoms with Gasteiger partial charge in [0.1, 0.15) is 5.75 Å². The summed E-state index contributed by atoms with van der Waals surface area (Å²) < 4.78 is 6.63. The van der Waals surface area contributed by atoms with Gasteiger partial charge in [-0.2, -0.15) is 0 Å². The molecule has 0 amide bonds. The standard InChI is InChI=1S/C31H34N2O2S.2C2H2O4/c34-27-11-12-28-29(19-23-3-5-24(6-4-23)21-32-13-1-2-14-32)31(36-30(28)20-27)26-9-7-25(8-10-26)22-33-15-17-35-18-16-33;2*3-1(4)2(5)6/h3-12,20,34H,1-2,13-19,21-22H2;2*(H,3,4)(H,5,6). The monoisotopic (exact) mass is 678 g/mol. The van der Waals surface area contributed by atoms with E-state index in [1.165, 1.54) is 64.0 Å². The van der Waals surface area contributed by atoms with Crippen molar-refractivity contribution in [3.8, 4) is 16.2 Å². The molecule has 0 unspecified atom stereocenters. The van der Waals surface area contributed by atoms with Crippen LogP contribution < -0.4 is 0 Å². The number of carbonyl (C=O) groups is 4. The van der Waals surface area contributed by atoms with E-state index in [2.05, 4.69) is 64.4 Å². The Balaban J connectivity index is 0.000000373. The third-order valence-electron chi connectivity index (χ3n) is 7.88. The van der Waals surface area contributed by atoms with Gasteiger partial charge in [-0.1, -0.05) is 48.5 Å². The van der Waals surface area contributed by atoms with Crippen LogP contribution in [-0.4, -0.2) is 98.6 Å². The molecule has 4 aromatic rings. The van der Waals surface area contributed by atoms with Gasteiger partial charge in [0.05, 0.1) is 13.2 Å². The summed E-state index contributed by atoms with van der Waals surface area (Å²) >= 11 is 1.78. The zero-order valence-electron chi connectivity index (χ0n) is 26.2. The van der Waals surface area contributed by atoms with Gasteiger partial charge in [-0.3, -0.25) is 9.80 Å². The fourth-order valence-corrected chi connectivity index (χ4v) is 6.75. The lowest BCUT2D eigenvalue weighted by Crippen LogP contribution is -2.35. The summed E-state index contributed by atoms with van der Waals surface area (Å²) in [5.41, 5.74) is 6.68. The summed E-state index contributed by atoms with van der Waals surface area (Å²) in [4.78, 5) is 42.7. The van der Waals surface area contributed by atoms with E-state index in [0.29, 0.717) is 5.75 Å². The highest BCUT2D eigenvalue weighted by atomic mass is 32.1. The number of phenolic OH excluding ortho intramolecular Hbond substituents is 1. The summed E-state index contributed by atoms with van der Waals surface area (Å²) in [5.74, 6) is -6.97. The number of thiophene rings is 1. The van der Waals surface area contributed by atoms with Crippen molar-refractivity contribution >= 4 is 45.3 Å². The molecule has 48 heavy (non-hydrogen) atoms. The number of ether oxygens (including phenoxy) is 1. The van der Waals surface area contributed by atoms with Gasteiger partial charge in [-0.05, 0) is 83.8 Å². The Hall–Kier alpha value is -4.82. The molecule has 2 saturated heterocycles. The maximum atomic E-state index is 10.1. The first-order chi connectivity index (χ1) is 23.0. The highest BCUT2D eigenvalue weighted by Gasteiger charge is 2.17. The number of morpholine rings is 1. The van der Waals surface area contributed by atoms with Crippen LogP contribution in [-0.2, 0) is 43.4 Å². The summed E-state index contributed by atoms with van der Waals surface area (Å²) in [6.45, 7) is 8.15. The van der Waals surface area contributed by atoms with Crippen molar-refractivity contribution in [3.63, 3.8) is 0 Å². The van der Waals surface area contributed by atoms with Crippen LogP contribution in [0, 0.1) is 0 Å². The number of benzene rings is 3. The highest BCUT2D eigenvalue weighted by molar-refractivity contribution is 7.22. The maximum Gasteiger partial charge on any atom is 0.414 e. The van der Waals surface area contributed by atoms with Crippen LogP contribution in [0.25, 0.3) is 20.5 Å². The van der Waals surface area contributed by atoms with E-state index in [0.717, 1.165) is 50.5 Å². The maximum absolute atomic E-state index is 10.1. The summed E-state index contributed by atoms with van der Waals surface area (Å²) in [6.07, 6.45) is 3.55. The molecule has 2 fully saturated rings. The van der Waals surface area contributed by atoms with Crippen molar-refractivity contribution in [1.29, 1.82) is 0 Å². The Morgan fingerprint density at radius 2 is 1.12 bits per heavy atom. The molecule has 0 atom stereocenters. The minimum absolute atomic E-state index is 0.328. The zero-order valence-corrected chi connectivity index (χ0v) is 27.0. The predicted octanol–water partition coefficient (Wildman–Crippen LogP) is 4.60. The molecular weight excluding hydrogens is 640 g/mol. The minimum Gasteiger partial charge on any atom is -0.508 e. The van der Waals surface area contributed by atoms with Crippen molar-refractivity contribution in [1.82, 2.24) is 9.80 Å². The molecule has 0 aliphatic carbocycles. The second-order valence-corrected chi connectivity index (χ2v) is 12.4. The molecule has 3 heterocycles. The van der Waals surface area contributed by atoms with Crippen LogP contribution in [0.15, 0.2) is 66.7 Å². The van der Waals surface area contributed by atoms with E-state index in [1.807, 2.05) is 12.1 Å². The Morgan fingerprint density at radius 1 is 0.646 bits per heavy atom. The van der Waals surface area contributed by atoms with Gasteiger partial charge in [-0.15, -0.1) is 11.3 Å². The molecule has 0 spiro atoms. The van der Waals surface area contributed by atoms with Gasteiger partial charge < -0.3 is 30.3 Å². The minimum atomic E-state index is -1.82. The number of rotatable bonds is 7. The molecule has 12 nitrogen and oxygen atoms in total. The van der Waals surface area contributed by atoms with Crippen LogP contribution in [0.5, 0.6) is 5.75 Å². The first kappa shape index (κ1) is 36.0. The molecule has 254 valence electrons. The lowest BCUT2D eigenvalue weighted by Gasteiger charge is -2.26. The number of fused-ring (bicyclic) bond motifs is 1. The molecule has 5 N–H and O–H groups in total. The third-order valence-corrected chi connectivity index (χ3v) is 9.12. The number of aromatic hydroxyl groups is 1. The number of hydrogen-bond acceptors (Lipinski definition) is 9. The third kappa shape index (κ3) is 10.6. The Bertz CT molecular complexity index is 1660. The van der Waals surface area contributed by atoms with Crippen LogP contribution in [0.2, 0.25) is 0 Å². The molecule has 3 aromatic carbocycles. The van der Waals surface area contributed by atoms with Crippen LogP contribution in [0.3, 0.4) is 0 Å². The Morgan fingerprint density at radius 3 is 1.65 bits per heavy atom. The van der Waals surface area contributed by atoms with Gasteiger partial charge >= 0.3 is 23.9 Å². The average molecular weight is 679 g/mol. The van der Waals surface area contributed by atoms with Gasteiger partial charge in [0.15, 0.2) is 0 Å². The van der Waals surface area contributed by atoms with Crippen LogP contribution in [0.4, 0.5) is 0 Å². The number of carboxylic acid groups (broad SMARTS) is 4. The second-order valence-electron chi connectivity index (χ2n) is 11.4. The molecule has 6 rings (SSSR count). The molecule has 2 aliphatic heterocycles. The van der Waals surface area contributed by atoms with Crippen molar-refractivity contribution < 1.29 is 49.4 Å². The fourth-order valence-electron chi connectivity index (χ4n) is 5.49. The van der Waals surface area contributed by atoms with Crippen molar-refractivity contribution in [2.45, 2.75) is 32.4 Å². The topological polar surface area (TPSA) is 185 Å². The molecule has 1 aromatic heterocycles. The van der Waals surface area contributed by atoms with Crippen molar-refractivity contribution in [2.24, 2.45) is 0 Å². The van der Waals surface area contributed by atoms with E-state index in [4.69, 9.17) is 44.3 Å². The lowest BCUT2D eigenvalue weighted by atomic mass is 9.97. The first-order valence-electron chi connectivity index (χ1n) is 15.4. The molecule has 13 heteroatoms. The molecule has 0 radical (unpaired) electrons. The molecule has 2 aliphatic rings. The summed E-state index contributed by atoms with van der Waals surface area (Å²) in [7, 11) is 0. The fraction of sp³-hybridized carbons (Fsp3) is 0.314. The van der Waals surface area contributed by atoms with E-state index in [-0.39, 0.29) is 0 Å². The highest BCUT2D eigenvalue weighted by Crippen LogP contribution is 2.41. The van der Waals surface area contributed by atoms with E-state index >= 15 is 0 Å². The molecule has 0 bridgehead atoms. The second kappa shape index (κ2) is 17.4. The van der Waals surface area contributed by atoms with Crippen molar-refractivity contribution in [3.05, 3.63) is 89.0 Å². The van der Waals surface area contributed by atoms with Crippen molar-refractivity contribution in [2.75, 3.05) is 39.4 Å². The quantitative estimate of drug-likeness (QED) is 0.171. The van der Waals surface area contributed by atoms with E-state index < -0.39 is 23.9 Å². The predicted molar refractivity (Wildman–Crippen MR) is 179 cm³/mol. The van der Waals surface area contributed by atoms with Gasteiger partial charge in [-0.25, -0.2) is 19.2 Å². The largest absolute Gasteiger partial charge is 0.508 e. The molecule has 0 saturated carbocycles. The molecular formula is C35H38N2O10S. The number of phenols is 1. The Labute approximate surface area is 281 Å². The number of nitrogens with zero attached hydrogens (tertiary/aromatic N) is 2. The van der Waals surface area contributed by atoms with Crippen LogP contribution >= 0.6 is 11.3 Å². The zero-order chi connectivity index (χ0) is 34.6. The smallest absolute Gasteiger partial charge is 0.414 e. The summed E-state index contributed by atoms with van der Waals surface area (Å²) in [6, 6.07) is 24.1. The Kier molecular flexibility index (Phi) is 13.0. The van der Waals surface area contributed by atoms with Gasteiger partial charge in [0.25, 0.3) is 0 Å².